The van der Waals surface area contributed by atoms with E-state index < -0.39 is 22.0 Å². The number of sulfonamides is 1. The second-order valence-electron chi connectivity index (χ2n) is 7.45. The first-order valence-corrected chi connectivity index (χ1v) is 13.2. The van der Waals surface area contributed by atoms with Crippen LogP contribution >= 0.6 is 23.4 Å². The topological polar surface area (TPSA) is 66.5 Å². The van der Waals surface area contributed by atoms with E-state index >= 15 is 0 Å². The molecule has 1 N–H and O–H groups in total. The predicted octanol–water partition coefficient (Wildman–Crippen LogP) is 5.73. The van der Waals surface area contributed by atoms with Crippen LogP contribution in [-0.4, -0.2) is 26.6 Å². The number of rotatable bonds is 8. The fourth-order valence-electron chi connectivity index (χ4n) is 3.27. The molecule has 5 nitrogen and oxygen atoms in total. The average Bonchev–Trinajstić information content (AvgIpc) is 2.75. The number of anilines is 2. The number of amides is 1. The van der Waals surface area contributed by atoms with Gasteiger partial charge in [0.25, 0.3) is 0 Å². The molecule has 0 unspecified atom stereocenters. The summed E-state index contributed by atoms with van der Waals surface area (Å²) in [6.45, 7) is 3.48. The smallest absolute Gasteiger partial charge is 0.248 e. The third kappa shape index (κ3) is 6.28. The van der Waals surface area contributed by atoms with Crippen molar-refractivity contribution in [3.05, 3.63) is 88.9 Å². The Balaban J connectivity index is 1.72. The summed E-state index contributed by atoms with van der Waals surface area (Å²) in [5.41, 5.74) is 3.08. The van der Waals surface area contributed by atoms with Crippen molar-refractivity contribution in [3.8, 4) is 0 Å². The van der Waals surface area contributed by atoms with Crippen LogP contribution in [0.15, 0.2) is 77.7 Å². The number of hydrogen-bond acceptors (Lipinski definition) is 4. The molecule has 0 heterocycles. The van der Waals surface area contributed by atoms with Crippen LogP contribution in [0.2, 0.25) is 5.02 Å². The maximum Gasteiger partial charge on any atom is 0.248 e. The highest BCUT2D eigenvalue weighted by Crippen LogP contribution is 2.26. The van der Waals surface area contributed by atoms with E-state index in [-0.39, 0.29) is 0 Å². The van der Waals surface area contributed by atoms with Gasteiger partial charge in [-0.1, -0.05) is 41.9 Å². The van der Waals surface area contributed by atoms with Crippen LogP contribution in [0.25, 0.3) is 0 Å². The van der Waals surface area contributed by atoms with Gasteiger partial charge in [-0.25, -0.2) is 8.42 Å². The Morgan fingerprint density at radius 3 is 2.31 bits per heavy atom. The zero-order valence-electron chi connectivity index (χ0n) is 18.1. The number of thioether (sulfide) groups is 1. The predicted molar refractivity (Wildman–Crippen MR) is 134 cm³/mol. The Labute approximate surface area is 198 Å². The summed E-state index contributed by atoms with van der Waals surface area (Å²) in [5, 5.41) is 3.35. The molecule has 3 rings (SSSR count). The van der Waals surface area contributed by atoms with Gasteiger partial charge in [-0.05, 0) is 67.4 Å². The molecule has 1 amide bonds. The SMILES string of the molecule is Cc1cc(CSc2ccccc2)ccc1NC(=O)[C@H](C)N(c1ccc(Cl)cc1)S(C)(=O)=O. The van der Waals surface area contributed by atoms with Crippen molar-refractivity contribution in [2.24, 2.45) is 0 Å². The summed E-state index contributed by atoms with van der Waals surface area (Å²) in [5.74, 6) is 0.397. The Morgan fingerprint density at radius 1 is 1.06 bits per heavy atom. The molecule has 0 fully saturated rings. The lowest BCUT2D eigenvalue weighted by Gasteiger charge is -2.28. The monoisotopic (exact) mass is 488 g/mol. The van der Waals surface area contributed by atoms with Gasteiger partial charge in [-0.3, -0.25) is 9.10 Å². The van der Waals surface area contributed by atoms with Crippen molar-refractivity contribution < 1.29 is 13.2 Å². The number of nitrogens with zero attached hydrogens (tertiary/aromatic N) is 1. The van der Waals surface area contributed by atoms with Crippen molar-refractivity contribution in [2.75, 3.05) is 15.9 Å². The molecule has 0 aromatic heterocycles. The molecule has 0 radical (unpaired) electrons. The molecule has 0 aliphatic carbocycles. The molecule has 0 spiro atoms. The fourth-order valence-corrected chi connectivity index (χ4v) is 5.44. The van der Waals surface area contributed by atoms with Gasteiger partial charge >= 0.3 is 0 Å². The number of aryl methyl sites for hydroxylation is 1. The lowest BCUT2D eigenvalue weighted by atomic mass is 10.1. The van der Waals surface area contributed by atoms with E-state index in [0.29, 0.717) is 16.4 Å². The van der Waals surface area contributed by atoms with Crippen LogP contribution in [0.1, 0.15) is 18.1 Å². The molecular formula is C24H25ClN2O3S2. The highest BCUT2D eigenvalue weighted by Gasteiger charge is 2.29. The highest BCUT2D eigenvalue weighted by molar-refractivity contribution is 7.98. The summed E-state index contributed by atoms with van der Waals surface area (Å²) in [4.78, 5) is 14.1. The third-order valence-corrected chi connectivity index (χ3v) is 7.44. The first-order valence-electron chi connectivity index (χ1n) is 9.98. The largest absolute Gasteiger partial charge is 0.324 e. The van der Waals surface area contributed by atoms with Crippen LogP contribution in [0.3, 0.4) is 0 Å². The summed E-state index contributed by atoms with van der Waals surface area (Å²) >= 11 is 7.66. The summed E-state index contributed by atoms with van der Waals surface area (Å²) in [6, 6.07) is 21.4. The molecule has 1 atom stereocenters. The zero-order valence-corrected chi connectivity index (χ0v) is 20.5. The van der Waals surface area contributed by atoms with Crippen LogP contribution in [0, 0.1) is 6.92 Å². The van der Waals surface area contributed by atoms with E-state index in [1.165, 1.54) is 4.90 Å². The second-order valence-corrected chi connectivity index (χ2v) is 10.8. The molecular weight excluding hydrogens is 464 g/mol. The van der Waals surface area contributed by atoms with Crippen LogP contribution in [-0.2, 0) is 20.6 Å². The van der Waals surface area contributed by atoms with Gasteiger partial charge in [0.15, 0.2) is 0 Å². The molecule has 0 aliphatic heterocycles. The molecule has 0 saturated carbocycles. The molecule has 0 saturated heterocycles. The van der Waals surface area contributed by atoms with Gasteiger partial charge < -0.3 is 5.32 Å². The molecule has 3 aromatic rings. The Kier molecular flexibility index (Phi) is 7.87. The number of nitrogens with one attached hydrogen (secondary N) is 1. The zero-order chi connectivity index (χ0) is 23.3. The van der Waals surface area contributed by atoms with Gasteiger partial charge in [0, 0.05) is 21.4 Å². The van der Waals surface area contributed by atoms with E-state index in [4.69, 9.17) is 11.6 Å². The van der Waals surface area contributed by atoms with Gasteiger partial charge in [-0.2, -0.15) is 0 Å². The second kappa shape index (κ2) is 10.4. The fraction of sp³-hybridized carbons (Fsp3) is 0.208. The highest BCUT2D eigenvalue weighted by atomic mass is 35.5. The van der Waals surface area contributed by atoms with Crippen molar-refractivity contribution in [1.29, 1.82) is 0 Å². The lowest BCUT2D eigenvalue weighted by molar-refractivity contribution is -0.116. The maximum atomic E-state index is 12.9. The minimum Gasteiger partial charge on any atom is -0.324 e. The summed E-state index contributed by atoms with van der Waals surface area (Å²) in [6.07, 6.45) is 1.08. The van der Waals surface area contributed by atoms with E-state index in [1.807, 2.05) is 43.3 Å². The third-order valence-electron chi connectivity index (χ3n) is 4.87. The molecule has 0 aliphatic rings. The van der Waals surface area contributed by atoms with Gasteiger partial charge in [-0.15, -0.1) is 11.8 Å². The van der Waals surface area contributed by atoms with E-state index in [0.717, 1.165) is 27.4 Å². The Hall–Kier alpha value is -2.48. The van der Waals surface area contributed by atoms with Gasteiger partial charge in [0.1, 0.15) is 6.04 Å². The number of benzene rings is 3. The van der Waals surface area contributed by atoms with E-state index in [2.05, 4.69) is 17.4 Å². The Morgan fingerprint density at radius 2 is 1.72 bits per heavy atom. The minimum absolute atomic E-state index is 0.379. The first kappa shape index (κ1) is 24.2. The summed E-state index contributed by atoms with van der Waals surface area (Å²) in [7, 11) is -3.69. The molecule has 32 heavy (non-hydrogen) atoms. The normalized spacial score (nSPS) is 12.2. The van der Waals surface area contributed by atoms with Gasteiger partial charge in [0.05, 0.1) is 11.9 Å². The molecule has 3 aromatic carbocycles. The quantitative estimate of drug-likeness (QED) is 0.411. The number of hydrogen-bond donors (Lipinski definition) is 1. The minimum atomic E-state index is -3.69. The van der Waals surface area contributed by atoms with Crippen molar-refractivity contribution in [1.82, 2.24) is 0 Å². The van der Waals surface area contributed by atoms with Crippen molar-refractivity contribution in [2.45, 2.75) is 30.5 Å². The lowest BCUT2D eigenvalue weighted by Crippen LogP contribution is -2.45. The average molecular weight is 489 g/mol. The van der Waals surface area contributed by atoms with E-state index in [9.17, 15) is 13.2 Å². The van der Waals surface area contributed by atoms with Gasteiger partial charge in [0.2, 0.25) is 15.9 Å². The number of halogens is 1. The van der Waals surface area contributed by atoms with Crippen molar-refractivity contribution >= 4 is 50.7 Å². The molecule has 8 heteroatoms. The standard InChI is InChI=1S/C24H25ClN2O3S2/c1-17-15-19(16-31-22-7-5-4-6-8-22)9-14-23(17)26-24(28)18(2)27(32(3,29)30)21-12-10-20(25)11-13-21/h4-15,18H,16H2,1-3H3,(H,26,28)/t18-/m0/s1. The molecule has 168 valence electrons. The van der Waals surface area contributed by atoms with Crippen LogP contribution < -0.4 is 9.62 Å². The Bertz CT molecular complexity index is 1180. The number of carbonyl (C=O) groups excluding carboxylic acids is 1. The summed E-state index contributed by atoms with van der Waals surface area (Å²) < 4.78 is 25.9. The maximum absolute atomic E-state index is 12.9. The number of carbonyl (C=O) groups is 1. The van der Waals surface area contributed by atoms with E-state index in [1.54, 1.807) is 43.0 Å². The first-order chi connectivity index (χ1) is 15.1. The van der Waals surface area contributed by atoms with Crippen LogP contribution in [0.4, 0.5) is 11.4 Å². The van der Waals surface area contributed by atoms with Crippen molar-refractivity contribution in [3.63, 3.8) is 0 Å². The molecule has 0 bridgehead atoms. The van der Waals surface area contributed by atoms with Crippen LogP contribution in [0.5, 0.6) is 0 Å².